The Labute approximate surface area is 117 Å². The summed E-state index contributed by atoms with van der Waals surface area (Å²) in [7, 11) is 1.70. The van der Waals surface area contributed by atoms with E-state index in [4.69, 9.17) is 22.3 Å². The summed E-state index contributed by atoms with van der Waals surface area (Å²) in [5, 5.41) is 0.592. The van der Waals surface area contributed by atoms with Crippen LogP contribution in [0.25, 0.3) is 0 Å². The van der Waals surface area contributed by atoms with Gasteiger partial charge in [-0.2, -0.15) is 0 Å². The van der Waals surface area contributed by atoms with E-state index in [9.17, 15) is 8.42 Å². The Morgan fingerprint density at radius 2 is 1.83 bits per heavy atom. The van der Waals surface area contributed by atoms with Crippen molar-refractivity contribution in [3.05, 3.63) is 28.8 Å². The second-order valence-electron chi connectivity index (χ2n) is 4.52. The van der Waals surface area contributed by atoms with Gasteiger partial charge in [-0.05, 0) is 37.0 Å². The molecule has 2 rings (SSSR count). The first kappa shape index (κ1) is 14.0. The normalized spacial score (nSPS) is 16.9. The van der Waals surface area contributed by atoms with Gasteiger partial charge in [0, 0.05) is 23.8 Å². The van der Waals surface area contributed by atoms with Gasteiger partial charge in [-0.25, -0.2) is 8.42 Å². The molecule has 1 heterocycles. The molecular weight excluding hydrogens is 293 g/mol. The largest absolute Gasteiger partial charge is 0.370 e. The zero-order valence-corrected chi connectivity index (χ0v) is 12.2. The van der Waals surface area contributed by atoms with Crippen molar-refractivity contribution in [1.82, 2.24) is 0 Å². The summed E-state index contributed by atoms with van der Waals surface area (Å²) in [4.78, 5) is 2.24. The number of rotatable bonds is 3. The lowest BCUT2D eigenvalue weighted by molar-refractivity contribution is 0.578. The molecular formula is C12H15Cl2NO2S. The molecule has 18 heavy (non-hydrogen) atoms. The fraction of sp³-hybridized carbons (Fsp3) is 0.500. The molecule has 0 aromatic heterocycles. The van der Waals surface area contributed by atoms with E-state index < -0.39 is 9.05 Å². The summed E-state index contributed by atoms with van der Waals surface area (Å²) in [6.45, 7) is 2.01. The van der Waals surface area contributed by atoms with E-state index in [-0.39, 0.29) is 5.75 Å². The Kier molecular flexibility index (Phi) is 4.41. The van der Waals surface area contributed by atoms with Gasteiger partial charge in [0.05, 0.1) is 16.5 Å². The van der Waals surface area contributed by atoms with Crippen LogP contribution in [0.15, 0.2) is 18.2 Å². The van der Waals surface area contributed by atoms with Gasteiger partial charge in [0.25, 0.3) is 0 Å². The van der Waals surface area contributed by atoms with Crippen molar-refractivity contribution in [3.8, 4) is 0 Å². The molecule has 1 fully saturated rings. The van der Waals surface area contributed by atoms with E-state index in [1.165, 1.54) is 19.3 Å². The molecule has 1 saturated heterocycles. The van der Waals surface area contributed by atoms with E-state index >= 15 is 0 Å². The molecule has 100 valence electrons. The fourth-order valence-electron chi connectivity index (χ4n) is 2.23. The predicted octanol–water partition coefficient (Wildman–Crippen LogP) is 3.40. The van der Waals surface area contributed by atoms with Gasteiger partial charge in [-0.15, -0.1) is 0 Å². The highest BCUT2D eigenvalue weighted by molar-refractivity contribution is 8.13. The summed E-state index contributed by atoms with van der Waals surface area (Å²) in [5.74, 6) is -0.186. The van der Waals surface area contributed by atoms with E-state index in [2.05, 4.69) is 4.90 Å². The van der Waals surface area contributed by atoms with Gasteiger partial charge in [-0.1, -0.05) is 17.7 Å². The minimum atomic E-state index is -3.53. The lowest BCUT2D eigenvalue weighted by Crippen LogP contribution is -2.29. The number of hydrogen-bond acceptors (Lipinski definition) is 3. The Hall–Kier alpha value is -0.450. The van der Waals surface area contributed by atoms with Crippen molar-refractivity contribution in [3.63, 3.8) is 0 Å². The highest BCUT2D eigenvalue weighted by atomic mass is 35.7. The molecule has 1 aromatic carbocycles. The van der Waals surface area contributed by atoms with E-state index in [0.717, 1.165) is 18.8 Å². The third-order valence-corrected chi connectivity index (χ3v) is 4.36. The zero-order valence-electron chi connectivity index (χ0n) is 9.90. The van der Waals surface area contributed by atoms with E-state index in [1.807, 2.05) is 6.07 Å². The molecule has 6 heteroatoms. The van der Waals surface area contributed by atoms with Crippen LogP contribution in [0, 0.1) is 0 Å². The molecule has 1 aliphatic rings. The van der Waals surface area contributed by atoms with Crippen LogP contribution in [-0.4, -0.2) is 21.5 Å². The first-order valence-corrected chi connectivity index (χ1v) is 8.77. The number of piperidine rings is 1. The third-order valence-electron chi connectivity index (χ3n) is 3.05. The molecule has 1 aliphatic heterocycles. The Bertz CT molecular complexity index is 525. The van der Waals surface area contributed by atoms with Crippen molar-refractivity contribution in [2.45, 2.75) is 25.0 Å². The molecule has 0 aliphatic carbocycles. The average Bonchev–Trinajstić information content (AvgIpc) is 2.28. The van der Waals surface area contributed by atoms with Gasteiger partial charge in [-0.3, -0.25) is 0 Å². The molecule has 0 N–H and O–H groups in total. The minimum Gasteiger partial charge on any atom is -0.370 e. The van der Waals surface area contributed by atoms with E-state index in [0.29, 0.717) is 10.6 Å². The molecule has 0 radical (unpaired) electrons. The predicted molar refractivity (Wildman–Crippen MR) is 76.0 cm³/mol. The second kappa shape index (κ2) is 5.68. The first-order valence-electron chi connectivity index (χ1n) is 5.91. The van der Waals surface area contributed by atoms with Gasteiger partial charge >= 0.3 is 0 Å². The molecule has 0 saturated carbocycles. The molecule has 0 atom stereocenters. The molecule has 0 spiro atoms. The van der Waals surface area contributed by atoms with Gasteiger partial charge in [0.1, 0.15) is 0 Å². The minimum absolute atomic E-state index is 0.186. The Morgan fingerprint density at radius 3 is 2.39 bits per heavy atom. The second-order valence-corrected chi connectivity index (χ2v) is 7.70. The summed E-state index contributed by atoms with van der Waals surface area (Å²) in [5.41, 5.74) is 1.60. The number of hydrogen-bond donors (Lipinski definition) is 0. The highest BCUT2D eigenvalue weighted by Gasteiger charge is 2.15. The SMILES string of the molecule is O=S(=O)(Cl)Cc1ccc(N2CCCCC2)c(Cl)c1. The molecule has 1 aromatic rings. The van der Waals surface area contributed by atoms with Crippen LogP contribution < -0.4 is 4.90 Å². The highest BCUT2D eigenvalue weighted by Crippen LogP contribution is 2.29. The first-order chi connectivity index (χ1) is 8.46. The van der Waals surface area contributed by atoms with Crippen LogP contribution >= 0.6 is 22.3 Å². The van der Waals surface area contributed by atoms with Crippen molar-refractivity contribution in [1.29, 1.82) is 0 Å². The quantitative estimate of drug-likeness (QED) is 0.803. The van der Waals surface area contributed by atoms with E-state index in [1.54, 1.807) is 12.1 Å². The molecule has 0 amide bonds. The Morgan fingerprint density at radius 1 is 1.17 bits per heavy atom. The number of benzene rings is 1. The van der Waals surface area contributed by atoms with Crippen molar-refractivity contribution >= 4 is 37.0 Å². The van der Waals surface area contributed by atoms with Gasteiger partial charge in [0.2, 0.25) is 9.05 Å². The Balaban J connectivity index is 2.19. The molecule has 0 bridgehead atoms. The lowest BCUT2D eigenvalue weighted by Gasteiger charge is -2.29. The fourth-order valence-corrected chi connectivity index (χ4v) is 3.51. The van der Waals surface area contributed by atoms with Crippen LogP contribution in [0.3, 0.4) is 0 Å². The van der Waals surface area contributed by atoms with Crippen molar-refractivity contribution < 1.29 is 8.42 Å². The average molecular weight is 308 g/mol. The smallest absolute Gasteiger partial charge is 0.236 e. The topological polar surface area (TPSA) is 37.4 Å². The van der Waals surface area contributed by atoms with Crippen LogP contribution in [0.4, 0.5) is 5.69 Å². The zero-order chi connectivity index (χ0) is 13.2. The van der Waals surface area contributed by atoms with Gasteiger partial charge < -0.3 is 4.90 Å². The number of nitrogens with zero attached hydrogens (tertiary/aromatic N) is 1. The lowest BCUT2D eigenvalue weighted by atomic mass is 10.1. The summed E-state index contributed by atoms with van der Waals surface area (Å²) in [6, 6.07) is 5.34. The number of anilines is 1. The summed E-state index contributed by atoms with van der Waals surface area (Å²) in [6.07, 6.45) is 3.61. The van der Waals surface area contributed by atoms with Crippen LogP contribution in [0.1, 0.15) is 24.8 Å². The van der Waals surface area contributed by atoms with Crippen LogP contribution in [0.2, 0.25) is 5.02 Å². The number of halogens is 2. The summed E-state index contributed by atoms with van der Waals surface area (Å²) >= 11 is 6.21. The maximum atomic E-state index is 11.0. The maximum absolute atomic E-state index is 11.0. The monoisotopic (exact) mass is 307 g/mol. The van der Waals surface area contributed by atoms with Gasteiger partial charge in [0.15, 0.2) is 0 Å². The molecule has 3 nitrogen and oxygen atoms in total. The summed E-state index contributed by atoms with van der Waals surface area (Å²) < 4.78 is 22.0. The van der Waals surface area contributed by atoms with Crippen LogP contribution in [-0.2, 0) is 14.8 Å². The van der Waals surface area contributed by atoms with Crippen molar-refractivity contribution in [2.24, 2.45) is 0 Å². The third kappa shape index (κ3) is 3.77. The van der Waals surface area contributed by atoms with Crippen molar-refractivity contribution in [2.75, 3.05) is 18.0 Å². The maximum Gasteiger partial charge on any atom is 0.236 e. The van der Waals surface area contributed by atoms with Crippen LogP contribution in [0.5, 0.6) is 0 Å². The standard InChI is InChI=1S/C12H15Cl2NO2S/c13-11-8-10(9-18(14,16)17)4-5-12(11)15-6-2-1-3-7-15/h4-5,8H,1-3,6-7,9H2. The molecule has 0 unspecified atom stereocenters.